The summed E-state index contributed by atoms with van der Waals surface area (Å²) in [5.74, 6) is -0.860. The van der Waals surface area contributed by atoms with Crippen LogP contribution in [0.1, 0.15) is 41.0 Å². The summed E-state index contributed by atoms with van der Waals surface area (Å²) in [6, 6.07) is 5.60. The molecule has 28 heavy (non-hydrogen) atoms. The van der Waals surface area contributed by atoms with E-state index in [1.165, 1.54) is 30.3 Å². The molecule has 0 bridgehead atoms. The Hall–Kier alpha value is -2.61. The quantitative estimate of drug-likeness (QED) is 0.653. The Morgan fingerprint density at radius 2 is 2.14 bits per heavy atom. The fraction of sp³-hybridized carbons (Fsp3) is 0.368. The zero-order chi connectivity index (χ0) is 20.1. The molecule has 0 spiro atoms. The number of hydrogen-bond donors (Lipinski definition) is 0. The first-order valence-electron chi connectivity index (χ1n) is 8.84. The summed E-state index contributed by atoms with van der Waals surface area (Å²) in [5.41, 5.74) is 0.120. The first kappa shape index (κ1) is 18.7. The van der Waals surface area contributed by atoms with Gasteiger partial charge < -0.3 is 4.90 Å². The van der Waals surface area contributed by atoms with Gasteiger partial charge in [-0.05, 0) is 44.5 Å². The number of hydrogen-bond acceptors (Lipinski definition) is 4. The molecule has 1 aliphatic rings. The van der Waals surface area contributed by atoms with E-state index < -0.39 is 17.4 Å². The third-order valence-corrected chi connectivity index (χ3v) is 5.20. The van der Waals surface area contributed by atoms with Gasteiger partial charge in [0.15, 0.2) is 0 Å². The minimum absolute atomic E-state index is 0.0537. The van der Waals surface area contributed by atoms with E-state index in [9.17, 15) is 9.18 Å². The van der Waals surface area contributed by atoms with E-state index in [1.54, 1.807) is 4.52 Å². The molecule has 6 nitrogen and oxygen atoms in total. The third kappa shape index (κ3) is 3.44. The number of fused-ring (bicyclic) bond motifs is 1. The highest BCUT2D eigenvalue weighted by Crippen LogP contribution is 2.35. The van der Waals surface area contributed by atoms with Crippen molar-refractivity contribution in [3.63, 3.8) is 0 Å². The molecule has 1 saturated heterocycles. The molecule has 2 unspecified atom stereocenters. The largest absolute Gasteiger partial charge is 0.335 e. The van der Waals surface area contributed by atoms with Crippen LogP contribution in [0, 0.1) is 12.7 Å². The monoisotopic (exact) mass is 405 g/mol. The van der Waals surface area contributed by atoms with E-state index in [1.807, 2.05) is 13.0 Å². The summed E-state index contributed by atoms with van der Waals surface area (Å²) in [6.07, 6.45) is 1.63. The van der Waals surface area contributed by atoms with Crippen LogP contribution in [0.2, 0.25) is 5.02 Å². The topological polar surface area (TPSA) is 63.4 Å². The molecule has 146 valence electrons. The fourth-order valence-electron chi connectivity index (χ4n) is 3.79. The summed E-state index contributed by atoms with van der Waals surface area (Å²) in [6.45, 7) is 3.55. The van der Waals surface area contributed by atoms with Crippen LogP contribution >= 0.6 is 11.6 Å². The number of carbonyl (C=O) groups is 1. The van der Waals surface area contributed by atoms with Gasteiger partial charge in [-0.15, -0.1) is 0 Å². The number of nitrogens with zero attached hydrogens (tertiary/aromatic N) is 5. The molecular formula is C19H18ClF2N5O. The first-order valence-corrected chi connectivity index (χ1v) is 9.22. The molecule has 1 aliphatic heterocycles. The average Bonchev–Trinajstić information content (AvgIpc) is 3.09. The molecule has 1 fully saturated rings. The lowest BCUT2D eigenvalue weighted by molar-refractivity contribution is 0.0342. The maximum Gasteiger partial charge on any atom is 0.254 e. The molecule has 3 aromatic rings. The lowest BCUT2D eigenvalue weighted by Gasteiger charge is -2.40. The van der Waals surface area contributed by atoms with Crippen LogP contribution in [0.5, 0.6) is 0 Å². The molecule has 9 heteroatoms. The van der Waals surface area contributed by atoms with Crippen molar-refractivity contribution in [2.75, 3.05) is 13.1 Å². The van der Waals surface area contributed by atoms with E-state index in [4.69, 9.17) is 11.6 Å². The van der Waals surface area contributed by atoms with Crippen LogP contribution in [-0.4, -0.2) is 49.1 Å². The van der Waals surface area contributed by atoms with E-state index in [0.717, 1.165) is 17.5 Å². The highest BCUT2D eigenvalue weighted by Gasteiger charge is 2.40. The third-order valence-electron chi connectivity index (χ3n) is 4.91. The van der Waals surface area contributed by atoms with Gasteiger partial charge in [0.1, 0.15) is 17.8 Å². The van der Waals surface area contributed by atoms with Crippen molar-refractivity contribution >= 4 is 23.3 Å². The van der Waals surface area contributed by atoms with Crippen LogP contribution in [-0.2, 0) is 0 Å². The smallest absolute Gasteiger partial charge is 0.254 e. The number of halogens is 3. The molecular weight excluding hydrogens is 388 g/mol. The summed E-state index contributed by atoms with van der Waals surface area (Å²) < 4.78 is 30.2. The van der Waals surface area contributed by atoms with Crippen LogP contribution in [0.4, 0.5) is 8.78 Å². The molecule has 0 radical (unpaired) electrons. The Morgan fingerprint density at radius 1 is 1.36 bits per heavy atom. The van der Waals surface area contributed by atoms with Gasteiger partial charge in [0.25, 0.3) is 11.7 Å². The summed E-state index contributed by atoms with van der Waals surface area (Å²) in [7, 11) is 0. The number of alkyl halides is 1. The van der Waals surface area contributed by atoms with Crippen molar-refractivity contribution in [1.82, 2.24) is 24.5 Å². The molecule has 1 amide bonds. The van der Waals surface area contributed by atoms with Gasteiger partial charge in [0, 0.05) is 23.7 Å². The minimum atomic E-state index is -1.59. The van der Waals surface area contributed by atoms with E-state index in [-0.39, 0.29) is 29.5 Å². The summed E-state index contributed by atoms with van der Waals surface area (Å²) >= 11 is 5.80. The van der Waals surface area contributed by atoms with Gasteiger partial charge in [0.05, 0.1) is 17.3 Å². The SMILES string of the molecule is Cc1cc(C2CN(C(=O)c3ccc(F)c(Cl)c3)CC(C)(F)C2)n2ncnc2n1. The molecule has 2 atom stereocenters. The van der Waals surface area contributed by atoms with Crippen molar-refractivity contribution < 1.29 is 13.6 Å². The summed E-state index contributed by atoms with van der Waals surface area (Å²) in [4.78, 5) is 22.8. The molecule has 1 aromatic carbocycles. The number of amides is 1. The average molecular weight is 406 g/mol. The van der Waals surface area contributed by atoms with Crippen LogP contribution in [0.3, 0.4) is 0 Å². The predicted molar refractivity (Wildman–Crippen MR) is 99.7 cm³/mol. The predicted octanol–water partition coefficient (Wildman–Crippen LogP) is 3.58. The van der Waals surface area contributed by atoms with Crippen molar-refractivity contribution in [2.45, 2.75) is 31.9 Å². The normalized spacial score (nSPS) is 22.6. The minimum Gasteiger partial charge on any atom is -0.335 e. The second-order valence-corrected chi connectivity index (χ2v) is 7.83. The second kappa shape index (κ2) is 6.77. The standard InChI is InChI=1S/C19H18ClF2N5O/c1-11-5-16(27-18(25-11)23-10-24-27)13-7-19(2,22)9-26(8-13)17(28)12-3-4-15(21)14(20)6-12/h3-6,10,13H,7-9H2,1-2H3. The number of aromatic nitrogens is 4. The molecule has 0 aliphatic carbocycles. The number of piperidine rings is 1. The second-order valence-electron chi connectivity index (χ2n) is 7.42. The number of carbonyl (C=O) groups excluding carboxylic acids is 1. The van der Waals surface area contributed by atoms with Crippen LogP contribution in [0.25, 0.3) is 5.78 Å². The Balaban J connectivity index is 1.69. The zero-order valence-electron chi connectivity index (χ0n) is 15.4. The highest BCUT2D eigenvalue weighted by molar-refractivity contribution is 6.31. The number of aryl methyl sites for hydroxylation is 1. The summed E-state index contributed by atoms with van der Waals surface area (Å²) in [5, 5.41) is 4.05. The van der Waals surface area contributed by atoms with Crippen molar-refractivity contribution in [3.8, 4) is 0 Å². The Bertz CT molecular complexity index is 1070. The van der Waals surface area contributed by atoms with Gasteiger partial charge in [-0.1, -0.05) is 11.6 Å². The van der Waals surface area contributed by atoms with Crippen molar-refractivity contribution in [3.05, 3.63) is 58.4 Å². The Morgan fingerprint density at radius 3 is 2.89 bits per heavy atom. The highest BCUT2D eigenvalue weighted by atomic mass is 35.5. The van der Waals surface area contributed by atoms with Gasteiger partial charge in [-0.2, -0.15) is 10.1 Å². The fourth-order valence-corrected chi connectivity index (χ4v) is 3.97. The Labute approximate surface area is 165 Å². The molecule has 4 rings (SSSR count). The first-order chi connectivity index (χ1) is 13.2. The van der Waals surface area contributed by atoms with E-state index in [0.29, 0.717) is 12.3 Å². The van der Waals surface area contributed by atoms with Crippen molar-refractivity contribution in [2.24, 2.45) is 0 Å². The number of rotatable bonds is 2. The van der Waals surface area contributed by atoms with E-state index in [2.05, 4.69) is 15.1 Å². The van der Waals surface area contributed by atoms with Gasteiger partial charge in [-0.3, -0.25) is 4.79 Å². The maximum absolute atomic E-state index is 15.2. The van der Waals surface area contributed by atoms with Crippen LogP contribution < -0.4 is 0 Å². The van der Waals surface area contributed by atoms with Gasteiger partial charge in [0.2, 0.25) is 0 Å². The van der Waals surface area contributed by atoms with Gasteiger partial charge in [-0.25, -0.2) is 18.3 Å². The lowest BCUT2D eigenvalue weighted by atomic mass is 9.85. The molecule has 2 aromatic heterocycles. The lowest BCUT2D eigenvalue weighted by Crippen LogP contribution is -2.49. The maximum atomic E-state index is 15.2. The number of benzene rings is 1. The Kier molecular flexibility index (Phi) is 4.53. The molecule has 0 saturated carbocycles. The number of likely N-dealkylation sites (tertiary alicyclic amines) is 1. The zero-order valence-corrected chi connectivity index (χ0v) is 16.1. The van der Waals surface area contributed by atoms with E-state index >= 15 is 4.39 Å². The molecule has 3 heterocycles. The van der Waals surface area contributed by atoms with Crippen molar-refractivity contribution in [1.29, 1.82) is 0 Å². The van der Waals surface area contributed by atoms with Gasteiger partial charge >= 0.3 is 0 Å². The van der Waals surface area contributed by atoms with Crippen LogP contribution in [0.15, 0.2) is 30.6 Å². The molecule has 0 N–H and O–H groups in total.